The molecule has 1 fully saturated rings. The summed E-state index contributed by atoms with van der Waals surface area (Å²) in [6, 6.07) is 8.98. The van der Waals surface area contributed by atoms with Crippen molar-refractivity contribution in [2.24, 2.45) is 16.7 Å². The second-order valence-electron chi connectivity index (χ2n) is 6.48. The van der Waals surface area contributed by atoms with Gasteiger partial charge in [-0.1, -0.05) is 18.2 Å². The molecule has 4 rings (SSSR count). The molecule has 1 aromatic carbocycles. The monoisotopic (exact) mass is 379 g/mol. The van der Waals surface area contributed by atoms with Crippen molar-refractivity contribution >= 4 is 28.9 Å². The number of para-hydroxylation sites is 1. The summed E-state index contributed by atoms with van der Waals surface area (Å²) < 4.78 is 1.91. The standard InChI is InChI=1S/C18H21N9O/c19-15(24-27(20)14-4-2-1-3-5-14)18(28)23-13-6-9-26(12-13)17-16-21-7-10-25(16)11-8-22-17/h1-5,7-8,10-11,13H,6,9,12,20H2,(H2,19,24)(H,23,28). The quantitative estimate of drug-likeness (QED) is 0.253. The number of aromatic nitrogens is 3. The van der Waals surface area contributed by atoms with E-state index in [2.05, 4.69) is 25.3 Å². The number of nitrogens with zero attached hydrogens (tertiary/aromatic N) is 6. The topological polar surface area (TPSA) is 130 Å². The summed E-state index contributed by atoms with van der Waals surface area (Å²) in [6.45, 7) is 1.37. The summed E-state index contributed by atoms with van der Waals surface area (Å²) >= 11 is 0. The molecule has 5 N–H and O–H groups in total. The van der Waals surface area contributed by atoms with Gasteiger partial charge in [-0.2, -0.15) is 5.12 Å². The van der Waals surface area contributed by atoms with Crippen LogP contribution in [0.25, 0.3) is 5.65 Å². The van der Waals surface area contributed by atoms with Gasteiger partial charge in [0, 0.05) is 43.9 Å². The zero-order valence-electron chi connectivity index (χ0n) is 15.1. The van der Waals surface area contributed by atoms with Gasteiger partial charge in [-0.15, -0.1) is 5.10 Å². The zero-order chi connectivity index (χ0) is 19.5. The minimum Gasteiger partial charge on any atom is -0.378 e. The fourth-order valence-electron chi connectivity index (χ4n) is 3.19. The smallest absolute Gasteiger partial charge is 0.288 e. The van der Waals surface area contributed by atoms with Gasteiger partial charge in [-0.25, -0.2) is 15.8 Å². The number of rotatable bonds is 4. The lowest BCUT2D eigenvalue weighted by Gasteiger charge is -2.18. The average Bonchev–Trinajstić information content (AvgIpc) is 3.37. The largest absolute Gasteiger partial charge is 0.378 e. The van der Waals surface area contributed by atoms with Crippen molar-refractivity contribution in [3.63, 3.8) is 0 Å². The number of benzene rings is 1. The second kappa shape index (κ2) is 7.53. The molecular weight excluding hydrogens is 358 g/mol. The van der Waals surface area contributed by atoms with Crippen molar-refractivity contribution < 1.29 is 4.79 Å². The fourth-order valence-corrected chi connectivity index (χ4v) is 3.19. The van der Waals surface area contributed by atoms with E-state index in [1.165, 1.54) is 0 Å². The molecule has 1 amide bonds. The molecule has 1 aliphatic rings. The van der Waals surface area contributed by atoms with Gasteiger partial charge in [0.2, 0.25) is 5.84 Å². The molecule has 1 aliphatic heterocycles. The van der Waals surface area contributed by atoms with Crippen LogP contribution in [0.15, 0.2) is 60.2 Å². The minimum absolute atomic E-state index is 0.0683. The number of nitrogens with two attached hydrogens (primary N) is 2. The van der Waals surface area contributed by atoms with Crippen LogP contribution in [-0.2, 0) is 4.79 Å². The van der Waals surface area contributed by atoms with Gasteiger partial charge in [0.1, 0.15) is 0 Å². The Hall–Kier alpha value is -3.66. The molecule has 3 heterocycles. The lowest BCUT2D eigenvalue weighted by Crippen LogP contribution is -2.45. The molecule has 3 aromatic rings. The number of carbonyl (C=O) groups is 1. The van der Waals surface area contributed by atoms with Crippen LogP contribution in [0.1, 0.15) is 6.42 Å². The first-order valence-corrected chi connectivity index (χ1v) is 8.89. The third kappa shape index (κ3) is 3.58. The molecule has 28 heavy (non-hydrogen) atoms. The van der Waals surface area contributed by atoms with Crippen LogP contribution in [0.2, 0.25) is 0 Å². The summed E-state index contributed by atoms with van der Waals surface area (Å²) in [7, 11) is 0. The normalized spacial score (nSPS) is 17.1. The van der Waals surface area contributed by atoms with E-state index in [9.17, 15) is 4.79 Å². The van der Waals surface area contributed by atoms with Crippen molar-refractivity contribution in [3.05, 3.63) is 55.1 Å². The van der Waals surface area contributed by atoms with Gasteiger partial charge in [0.15, 0.2) is 11.5 Å². The molecule has 144 valence electrons. The number of hydrazone groups is 1. The van der Waals surface area contributed by atoms with E-state index < -0.39 is 5.91 Å². The van der Waals surface area contributed by atoms with Crippen LogP contribution in [0.5, 0.6) is 0 Å². The summed E-state index contributed by atoms with van der Waals surface area (Å²) in [5.41, 5.74) is 7.23. The van der Waals surface area contributed by atoms with E-state index in [4.69, 9.17) is 11.6 Å². The summed E-state index contributed by atoms with van der Waals surface area (Å²) in [5, 5.41) is 7.94. The molecule has 0 saturated carbocycles. The lowest BCUT2D eigenvalue weighted by atomic mass is 10.2. The number of hydrogen-bond acceptors (Lipinski definition) is 7. The van der Waals surface area contributed by atoms with E-state index in [0.717, 1.165) is 29.5 Å². The van der Waals surface area contributed by atoms with Gasteiger partial charge in [-0.3, -0.25) is 4.79 Å². The first-order valence-electron chi connectivity index (χ1n) is 8.89. The number of hydrazine groups is 1. The Morgan fingerprint density at radius 1 is 1.21 bits per heavy atom. The van der Waals surface area contributed by atoms with E-state index in [1.807, 2.05) is 35.0 Å². The molecule has 0 bridgehead atoms. The number of hydrogen-bond donors (Lipinski definition) is 3. The van der Waals surface area contributed by atoms with Gasteiger partial charge in [0.25, 0.3) is 5.91 Å². The van der Waals surface area contributed by atoms with Crippen LogP contribution in [-0.4, -0.2) is 45.2 Å². The first kappa shape index (κ1) is 17.7. The molecule has 0 aliphatic carbocycles. The predicted molar refractivity (Wildman–Crippen MR) is 106 cm³/mol. The van der Waals surface area contributed by atoms with Gasteiger partial charge >= 0.3 is 0 Å². The second-order valence-corrected chi connectivity index (χ2v) is 6.48. The van der Waals surface area contributed by atoms with Crippen molar-refractivity contribution in [3.8, 4) is 0 Å². The van der Waals surface area contributed by atoms with Crippen LogP contribution < -0.4 is 26.9 Å². The highest BCUT2D eigenvalue weighted by Gasteiger charge is 2.27. The van der Waals surface area contributed by atoms with E-state index in [0.29, 0.717) is 12.2 Å². The highest BCUT2D eigenvalue weighted by molar-refractivity contribution is 6.37. The third-order valence-corrected chi connectivity index (χ3v) is 4.58. The summed E-state index contributed by atoms with van der Waals surface area (Å²) in [6.07, 6.45) is 7.97. The SMILES string of the molecule is N/C(=N\N(N)c1ccccc1)C(=O)NC1CCN(c2nccn3ccnc23)C1. The summed E-state index contributed by atoms with van der Waals surface area (Å²) in [4.78, 5) is 23.3. The van der Waals surface area contributed by atoms with Crippen molar-refractivity contribution in [1.29, 1.82) is 0 Å². The molecule has 1 atom stereocenters. The Balaban J connectivity index is 1.39. The van der Waals surface area contributed by atoms with Gasteiger partial charge in [0.05, 0.1) is 5.69 Å². The van der Waals surface area contributed by atoms with Crippen LogP contribution in [0.4, 0.5) is 11.5 Å². The van der Waals surface area contributed by atoms with Crippen LogP contribution in [0, 0.1) is 0 Å². The molecule has 10 heteroatoms. The first-order chi connectivity index (χ1) is 13.6. The highest BCUT2D eigenvalue weighted by Crippen LogP contribution is 2.21. The molecule has 1 saturated heterocycles. The highest BCUT2D eigenvalue weighted by atomic mass is 16.2. The fraction of sp³-hybridized carbons (Fsp3) is 0.222. The number of amidine groups is 1. The molecule has 10 nitrogen and oxygen atoms in total. The maximum atomic E-state index is 12.4. The van der Waals surface area contributed by atoms with Crippen LogP contribution >= 0.6 is 0 Å². The molecule has 1 unspecified atom stereocenters. The van der Waals surface area contributed by atoms with Crippen molar-refractivity contribution in [2.75, 3.05) is 23.1 Å². The Bertz CT molecular complexity index is 1000. The zero-order valence-corrected chi connectivity index (χ0v) is 15.1. The Labute approximate surface area is 161 Å². The van der Waals surface area contributed by atoms with Crippen molar-refractivity contribution in [2.45, 2.75) is 12.5 Å². The maximum Gasteiger partial charge on any atom is 0.288 e. The molecule has 0 radical (unpaired) electrons. The number of anilines is 2. The maximum absolute atomic E-state index is 12.4. The average molecular weight is 379 g/mol. The van der Waals surface area contributed by atoms with E-state index in [-0.39, 0.29) is 11.9 Å². The molecule has 0 spiro atoms. The van der Waals surface area contributed by atoms with E-state index >= 15 is 0 Å². The number of carbonyl (C=O) groups excluding carboxylic acids is 1. The third-order valence-electron chi connectivity index (χ3n) is 4.58. The number of amides is 1. The van der Waals surface area contributed by atoms with Gasteiger partial charge in [-0.05, 0) is 18.6 Å². The predicted octanol–water partition coefficient (Wildman–Crippen LogP) is 0.0767. The molecule has 2 aromatic heterocycles. The number of nitrogens with one attached hydrogen (secondary N) is 1. The van der Waals surface area contributed by atoms with Gasteiger partial charge < -0.3 is 20.4 Å². The Morgan fingerprint density at radius 2 is 1.96 bits per heavy atom. The van der Waals surface area contributed by atoms with Crippen LogP contribution in [0.3, 0.4) is 0 Å². The molecular formula is C18H21N9O. The number of imidazole rings is 1. The van der Waals surface area contributed by atoms with Crippen molar-refractivity contribution in [1.82, 2.24) is 19.7 Å². The minimum atomic E-state index is -0.454. The Morgan fingerprint density at radius 3 is 2.75 bits per heavy atom. The summed E-state index contributed by atoms with van der Waals surface area (Å²) in [5.74, 6) is 5.99. The van der Waals surface area contributed by atoms with E-state index in [1.54, 1.807) is 24.5 Å². The Kier molecular flexibility index (Phi) is 4.77. The lowest BCUT2D eigenvalue weighted by molar-refractivity contribution is -0.115. The number of fused-ring (bicyclic) bond motifs is 1.